The van der Waals surface area contributed by atoms with Crippen LogP contribution in [0.4, 0.5) is 5.69 Å². The monoisotopic (exact) mass is 271 g/mol. The number of thioether (sulfide) groups is 1. The summed E-state index contributed by atoms with van der Waals surface area (Å²) in [6, 6.07) is 7.15. The van der Waals surface area contributed by atoms with Crippen molar-refractivity contribution in [1.29, 1.82) is 0 Å². The summed E-state index contributed by atoms with van der Waals surface area (Å²) in [5.41, 5.74) is 5.64. The summed E-state index contributed by atoms with van der Waals surface area (Å²) < 4.78 is 5.49. The number of ether oxygens (including phenoxy) is 1. The lowest BCUT2D eigenvalue weighted by Crippen LogP contribution is -2.55. The molecule has 1 aliphatic heterocycles. The van der Waals surface area contributed by atoms with Gasteiger partial charge in [0.2, 0.25) is 0 Å². The number of hydrogen-bond donors (Lipinski definition) is 4. The van der Waals surface area contributed by atoms with Crippen LogP contribution in [-0.2, 0) is 4.74 Å². The molecule has 1 heterocycles. The van der Waals surface area contributed by atoms with Crippen molar-refractivity contribution >= 4 is 17.4 Å². The van der Waals surface area contributed by atoms with E-state index >= 15 is 0 Å². The third-order valence-corrected chi connectivity index (χ3v) is 4.11. The van der Waals surface area contributed by atoms with Crippen molar-refractivity contribution < 1.29 is 20.1 Å². The maximum atomic E-state index is 9.86. The van der Waals surface area contributed by atoms with Crippen molar-refractivity contribution in [2.45, 2.75) is 41.7 Å². The van der Waals surface area contributed by atoms with E-state index in [0.717, 1.165) is 4.90 Å². The average Bonchev–Trinajstić information content (AvgIpc) is 2.36. The molecule has 1 aromatic rings. The molecular formula is C12H17NO4S. The summed E-state index contributed by atoms with van der Waals surface area (Å²) >= 11 is 1.29. The molecule has 0 unspecified atom stereocenters. The van der Waals surface area contributed by atoms with Crippen LogP contribution in [0.15, 0.2) is 29.2 Å². The Kier molecular flexibility index (Phi) is 4.14. The largest absolute Gasteiger partial charge is 0.399 e. The van der Waals surface area contributed by atoms with Gasteiger partial charge in [-0.2, -0.15) is 0 Å². The molecule has 0 amide bonds. The van der Waals surface area contributed by atoms with Crippen LogP contribution in [0.25, 0.3) is 0 Å². The minimum atomic E-state index is -1.19. The SMILES string of the molecule is C[C@H]1O[C@@H](Sc2ccc(N)cc2)[C@H](O)[C@@H](O)[C@H]1O. The van der Waals surface area contributed by atoms with E-state index in [1.54, 1.807) is 19.1 Å². The van der Waals surface area contributed by atoms with Crippen LogP contribution in [0.1, 0.15) is 6.92 Å². The van der Waals surface area contributed by atoms with Gasteiger partial charge in [0.25, 0.3) is 0 Å². The van der Waals surface area contributed by atoms with Gasteiger partial charge in [0.15, 0.2) is 0 Å². The van der Waals surface area contributed by atoms with E-state index in [4.69, 9.17) is 10.5 Å². The summed E-state index contributed by atoms with van der Waals surface area (Å²) in [6.07, 6.45) is -3.91. The zero-order valence-electron chi connectivity index (χ0n) is 9.93. The van der Waals surface area contributed by atoms with Gasteiger partial charge in [-0.1, -0.05) is 11.8 Å². The summed E-state index contributed by atoms with van der Waals surface area (Å²) in [4.78, 5) is 0.879. The molecule has 18 heavy (non-hydrogen) atoms. The smallest absolute Gasteiger partial charge is 0.136 e. The second-order valence-corrected chi connectivity index (χ2v) is 5.54. The molecule has 5 nitrogen and oxygen atoms in total. The molecule has 1 aliphatic rings. The molecule has 2 rings (SSSR count). The summed E-state index contributed by atoms with van der Waals surface area (Å²) in [6.45, 7) is 1.66. The molecule has 100 valence electrons. The van der Waals surface area contributed by atoms with Crippen LogP contribution in [0.2, 0.25) is 0 Å². The Hall–Kier alpha value is -0.790. The van der Waals surface area contributed by atoms with E-state index < -0.39 is 29.9 Å². The number of benzene rings is 1. The van der Waals surface area contributed by atoms with E-state index in [-0.39, 0.29) is 0 Å². The maximum absolute atomic E-state index is 9.86. The van der Waals surface area contributed by atoms with Crippen LogP contribution >= 0.6 is 11.8 Å². The fourth-order valence-corrected chi connectivity index (χ4v) is 2.88. The van der Waals surface area contributed by atoms with Gasteiger partial charge in [-0.3, -0.25) is 0 Å². The molecular weight excluding hydrogens is 254 g/mol. The molecule has 0 aliphatic carbocycles. The molecule has 0 bridgehead atoms. The lowest BCUT2D eigenvalue weighted by molar-refractivity contribution is -0.192. The standard InChI is InChI=1S/C12H17NO4S/c1-6-9(14)10(15)11(16)12(17-6)18-8-4-2-7(13)3-5-8/h2-6,9-12,14-16H,13H2,1H3/t6-,9+,10+,11-,12+/m1/s1. The number of anilines is 1. The van der Waals surface area contributed by atoms with Crippen molar-refractivity contribution in [2.24, 2.45) is 0 Å². The highest BCUT2D eigenvalue weighted by molar-refractivity contribution is 7.99. The van der Waals surface area contributed by atoms with E-state index in [1.165, 1.54) is 11.8 Å². The van der Waals surface area contributed by atoms with E-state index in [1.807, 2.05) is 12.1 Å². The average molecular weight is 271 g/mol. The van der Waals surface area contributed by atoms with E-state index in [0.29, 0.717) is 5.69 Å². The first kappa shape index (κ1) is 13.6. The molecule has 6 heteroatoms. The quantitative estimate of drug-likeness (QED) is 0.573. The molecule has 1 saturated heterocycles. The van der Waals surface area contributed by atoms with Gasteiger partial charge in [0, 0.05) is 10.6 Å². The van der Waals surface area contributed by atoms with E-state index in [2.05, 4.69) is 0 Å². The van der Waals surface area contributed by atoms with Crippen molar-refractivity contribution in [3.05, 3.63) is 24.3 Å². The lowest BCUT2D eigenvalue weighted by Gasteiger charge is -2.38. The second kappa shape index (κ2) is 5.46. The fraction of sp³-hybridized carbons (Fsp3) is 0.500. The Morgan fingerprint density at radius 2 is 1.67 bits per heavy atom. The van der Waals surface area contributed by atoms with Crippen LogP contribution in [0.3, 0.4) is 0 Å². The van der Waals surface area contributed by atoms with Crippen LogP contribution in [0.5, 0.6) is 0 Å². The Bertz CT molecular complexity index is 400. The summed E-state index contributed by atoms with van der Waals surface area (Å²) in [5.74, 6) is 0. The van der Waals surface area contributed by atoms with Crippen LogP contribution in [-0.4, -0.2) is 45.2 Å². The van der Waals surface area contributed by atoms with Gasteiger partial charge in [-0.15, -0.1) is 0 Å². The minimum absolute atomic E-state index is 0.519. The van der Waals surface area contributed by atoms with Gasteiger partial charge in [-0.25, -0.2) is 0 Å². The molecule has 1 fully saturated rings. The summed E-state index contributed by atoms with van der Waals surface area (Å²) in [7, 11) is 0. The first-order valence-electron chi connectivity index (χ1n) is 5.71. The molecule has 0 radical (unpaired) electrons. The number of aliphatic hydroxyl groups excluding tert-OH is 3. The zero-order chi connectivity index (χ0) is 13.3. The number of hydrogen-bond acceptors (Lipinski definition) is 6. The molecule has 5 atom stereocenters. The lowest BCUT2D eigenvalue weighted by atomic mass is 10.0. The first-order valence-corrected chi connectivity index (χ1v) is 6.59. The Labute approximate surface area is 110 Å². The highest BCUT2D eigenvalue weighted by Gasteiger charge is 2.42. The van der Waals surface area contributed by atoms with Gasteiger partial charge < -0.3 is 25.8 Å². The molecule has 0 aromatic heterocycles. The number of nitrogen functional groups attached to an aromatic ring is 1. The van der Waals surface area contributed by atoms with Gasteiger partial charge in [0.05, 0.1) is 6.10 Å². The first-order chi connectivity index (χ1) is 8.49. The predicted octanol–water partition coefficient (Wildman–Crippen LogP) is 0.188. The highest BCUT2D eigenvalue weighted by atomic mass is 32.2. The number of aliphatic hydroxyl groups is 3. The Morgan fingerprint density at radius 1 is 1.06 bits per heavy atom. The third kappa shape index (κ3) is 2.78. The van der Waals surface area contributed by atoms with Crippen molar-refractivity contribution in [3.8, 4) is 0 Å². The van der Waals surface area contributed by atoms with Gasteiger partial charge in [0.1, 0.15) is 23.7 Å². The van der Waals surface area contributed by atoms with Gasteiger partial charge in [-0.05, 0) is 31.2 Å². The topological polar surface area (TPSA) is 95.9 Å². The molecule has 0 saturated carbocycles. The molecule has 1 aromatic carbocycles. The van der Waals surface area contributed by atoms with Crippen LogP contribution in [0, 0.1) is 0 Å². The second-order valence-electron chi connectivity index (χ2n) is 4.37. The molecule has 0 spiro atoms. The highest BCUT2D eigenvalue weighted by Crippen LogP contribution is 2.33. The fourth-order valence-electron chi connectivity index (χ4n) is 1.79. The van der Waals surface area contributed by atoms with Crippen molar-refractivity contribution in [3.63, 3.8) is 0 Å². The zero-order valence-corrected chi connectivity index (χ0v) is 10.7. The van der Waals surface area contributed by atoms with E-state index in [9.17, 15) is 15.3 Å². The maximum Gasteiger partial charge on any atom is 0.136 e. The van der Waals surface area contributed by atoms with Crippen molar-refractivity contribution in [1.82, 2.24) is 0 Å². The molecule has 5 N–H and O–H groups in total. The number of nitrogens with two attached hydrogens (primary N) is 1. The Morgan fingerprint density at radius 3 is 2.28 bits per heavy atom. The van der Waals surface area contributed by atoms with Crippen LogP contribution < -0.4 is 5.73 Å². The Balaban J connectivity index is 2.06. The van der Waals surface area contributed by atoms with Crippen molar-refractivity contribution in [2.75, 3.05) is 5.73 Å². The normalized spacial score (nSPS) is 36.6. The minimum Gasteiger partial charge on any atom is -0.399 e. The summed E-state index contributed by atoms with van der Waals surface area (Å²) in [5, 5.41) is 29.1. The van der Waals surface area contributed by atoms with Gasteiger partial charge >= 0.3 is 0 Å². The predicted molar refractivity (Wildman–Crippen MR) is 69.1 cm³/mol. The third-order valence-electron chi connectivity index (χ3n) is 2.94. The number of rotatable bonds is 2.